The summed E-state index contributed by atoms with van der Waals surface area (Å²) in [5, 5.41) is 9.99. The third-order valence-electron chi connectivity index (χ3n) is 3.25. The lowest BCUT2D eigenvalue weighted by atomic mass is 10.1. The van der Waals surface area contributed by atoms with Gasteiger partial charge in [0.05, 0.1) is 0 Å². The molecule has 0 radical (unpaired) electrons. The fraction of sp³-hybridized carbons (Fsp3) is 0.833. The van der Waals surface area contributed by atoms with E-state index in [0.29, 0.717) is 12.6 Å². The standard InChI is InChI=1S/C12H21N3OS/c1-2-5-11-13-12(17-14-11)15-8-3-6-10(15)7-4-9-16/h10,16H,2-9H2,1H3. The van der Waals surface area contributed by atoms with Crippen LogP contribution in [0, 0.1) is 0 Å². The van der Waals surface area contributed by atoms with Crippen LogP contribution in [0.2, 0.25) is 0 Å². The Bertz CT molecular complexity index is 342. The summed E-state index contributed by atoms with van der Waals surface area (Å²) < 4.78 is 4.40. The van der Waals surface area contributed by atoms with Crippen LogP contribution in [0.25, 0.3) is 0 Å². The Balaban J connectivity index is 1.98. The lowest BCUT2D eigenvalue weighted by molar-refractivity contribution is 0.279. The van der Waals surface area contributed by atoms with E-state index in [9.17, 15) is 0 Å². The molecule has 17 heavy (non-hydrogen) atoms. The van der Waals surface area contributed by atoms with Crippen LogP contribution in [0.3, 0.4) is 0 Å². The number of nitrogens with zero attached hydrogens (tertiary/aromatic N) is 3. The first-order valence-corrected chi connectivity index (χ1v) is 7.32. The second-order valence-electron chi connectivity index (χ2n) is 4.60. The van der Waals surface area contributed by atoms with Crippen molar-refractivity contribution in [1.82, 2.24) is 9.36 Å². The van der Waals surface area contributed by atoms with Crippen LogP contribution in [0.1, 0.15) is 44.9 Å². The number of aryl methyl sites for hydroxylation is 1. The minimum Gasteiger partial charge on any atom is -0.396 e. The third-order valence-corrected chi connectivity index (χ3v) is 4.04. The van der Waals surface area contributed by atoms with E-state index >= 15 is 0 Å². The number of hydrogen-bond acceptors (Lipinski definition) is 5. The number of anilines is 1. The van der Waals surface area contributed by atoms with Gasteiger partial charge in [-0.15, -0.1) is 0 Å². The van der Waals surface area contributed by atoms with Gasteiger partial charge in [-0.2, -0.15) is 4.37 Å². The van der Waals surface area contributed by atoms with Crippen molar-refractivity contribution in [3.8, 4) is 0 Å². The Morgan fingerprint density at radius 2 is 2.41 bits per heavy atom. The van der Waals surface area contributed by atoms with Crippen molar-refractivity contribution >= 4 is 16.7 Å². The minimum atomic E-state index is 0.293. The molecule has 1 aromatic rings. The smallest absolute Gasteiger partial charge is 0.205 e. The highest BCUT2D eigenvalue weighted by Crippen LogP contribution is 2.29. The maximum atomic E-state index is 8.91. The fourth-order valence-electron chi connectivity index (χ4n) is 2.40. The second-order valence-corrected chi connectivity index (χ2v) is 5.33. The topological polar surface area (TPSA) is 49.2 Å². The van der Waals surface area contributed by atoms with Gasteiger partial charge >= 0.3 is 0 Å². The summed E-state index contributed by atoms with van der Waals surface area (Å²) in [5.41, 5.74) is 0. The van der Waals surface area contributed by atoms with Crippen LogP contribution < -0.4 is 4.90 Å². The molecule has 1 atom stereocenters. The van der Waals surface area contributed by atoms with Gasteiger partial charge in [-0.1, -0.05) is 6.92 Å². The van der Waals surface area contributed by atoms with Crippen molar-refractivity contribution in [3.05, 3.63) is 5.82 Å². The Morgan fingerprint density at radius 3 is 3.18 bits per heavy atom. The highest BCUT2D eigenvalue weighted by atomic mass is 32.1. The van der Waals surface area contributed by atoms with E-state index in [1.807, 2.05) is 0 Å². The van der Waals surface area contributed by atoms with Gasteiger partial charge in [0, 0.05) is 37.1 Å². The summed E-state index contributed by atoms with van der Waals surface area (Å²) in [6, 6.07) is 0.560. The number of hydrogen-bond donors (Lipinski definition) is 1. The summed E-state index contributed by atoms with van der Waals surface area (Å²) in [7, 11) is 0. The van der Waals surface area contributed by atoms with Crippen molar-refractivity contribution in [1.29, 1.82) is 0 Å². The van der Waals surface area contributed by atoms with Gasteiger partial charge in [0.2, 0.25) is 5.13 Å². The average molecular weight is 255 g/mol. The first-order valence-electron chi connectivity index (χ1n) is 6.55. The van der Waals surface area contributed by atoms with Crippen molar-refractivity contribution < 1.29 is 5.11 Å². The third kappa shape index (κ3) is 3.16. The van der Waals surface area contributed by atoms with Gasteiger partial charge in [-0.3, -0.25) is 0 Å². The zero-order valence-corrected chi connectivity index (χ0v) is 11.2. The normalized spacial score (nSPS) is 20.1. The largest absolute Gasteiger partial charge is 0.396 e. The molecule has 0 saturated carbocycles. The molecule has 4 nitrogen and oxygen atoms in total. The van der Waals surface area contributed by atoms with Crippen LogP contribution in [-0.4, -0.2) is 33.7 Å². The Kier molecular flexibility index (Phi) is 4.74. The molecule has 0 spiro atoms. The number of aliphatic hydroxyl groups excluding tert-OH is 1. The maximum absolute atomic E-state index is 8.91. The summed E-state index contributed by atoms with van der Waals surface area (Å²) in [6.45, 7) is 3.54. The van der Waals surface area contributed by atoms with E-state index in [1.54, 1.807) is 0 Å². The molecular formula is C12H21N3OS. The predicted molar refractivity (Wildman–Crippen MR) is 70.6 cm³/mol. The summed E-state index contributed by atoms with van der Waals surface area (Å²) in [4.78, 5) is 6.99. The van der Waals surface area contributed by atoms with E-state index in [0.717, 1.165) is 43.2 Å². The molecule has 96 valence electrons. The molecule has 1 aromatic heterocycles. The molecule has 2 heterocycles. The zero-order valence-electron chi connectivity index (χ0n) is 10.4. The van der Waals surface area contributed by atoms with Crippen molar-refractivity contribution in [3.63, 3.8) is 0 Å². The van der Waals surface area contributed by atoms with Crippen molar-refractivity contribution in [2.75, 3.05) is 18.1 Å². The van der Waals surface area contributed by atoms with E-state index < -0.39 is 0 Å². The van der Waals surface area contributed by atoms with E-state index in [-0.39, 0.29) is 0 Å². The molecule has 2 rings (SSSR count). The fourth-order valence-corrected chi connectivity index (χ4v) is 3.21. The Hall–Kier alpha value is -0.680. The lowest BCUT2D eigenvalue weighted by Crippen LogP contribution is -2.29. The molecule has 1 aliphatic rings. The summed E-state index contributed by atoms with van der Waals surface area (Å²) in [6.07, 6.45) is 6.50. The van der Waals surface area contributed by atoms with Gasteiger partial charge < -0.3 is 10.0 Å². The molecule has 1 aliphatic heterocycles. The van der Waals surface area contributed by atoms with Crippen molar-refractivity contribution in [2.45, 2.75) is 51.5 Å². The summed E-state index contributed by atoms with van der Waals surface area (Å²) >= 11 is 1.53. The number of aliphatic hydroxyl groups is 1. The van der Waals surface area contributed by atoms with Crippen LogP contribution in [0.5, 0.6) is 0 Å². The highest BCUT2D eigenvalue weighted by molar-refractivity contribution is 7.09. The van der Waals surface area contributed by atoms with Crippen molar-refractivity contribution in [2.24, 2.45) is 0 Å². The SMILES string of the molecule is CCCc1nsc(N2CCCC2CCCO)n1. The molecule has 1 unspecified atom stereocenters. The maximum Gasteiger partial charge on any atom is 0.205 e. The molecule has 0 amide bonds. The van der Waals surface area contributed by atoms with Gasteiger partial charge in [0.15, 0.2) is 0 Å². The van der Waals surface area contributed by atoms with Crippen LogP contribution in [0.4, 0.5) is 5.13 Å². The highest BCUT2D eigenvalue weighted by Gasteiger charge is 2.26. The molecular weight excluding hydrogens is 234 g/mol. The van der Waals surface area contributed by atoms with Gasteiger partial charge in [0.1, 0.15) is 5.82 Å². The molecule has 1 fully saturated rings. The van der Waals surface area contributed by atoms with Crippen LogP contribution >= 0.6 is 11.5 Å². The van der Waals surface area contributed by atoms with Crippen LogP contribution in [0.15, 0.2) is 0 Å². The monoisotopic (exact) mass is 255 g/mol. The minimum absolute atomic E-state index is 0.293. The molecule has 1 saturated heterocycles. The van der Waals surface area contributed by atoms with E-state index in [2.05, 4.69) is 21.2 Å². The predicted octanol–water partition coefficient (Wildman–Crippen LogP) is 2.23. The average Bonchev–Trinajstić information content (AvgIpc) is 2.94. The molecule has 0 aromatic carbocycles. The first-order chi connectivity index (χ1) is 8.35. The quantitative estimate of drug-likeness (QED) is 0.847. The molecule has 0 bridgehead atoms. The Labute approximate surface area is 107 Å². The molecule has 5 heteroatoms. The van der Waals surface area contributed by atoms with Gasteiger partial charge in [0.25, 0.3) is 0 Å². The summed E-state index contributed by atoms with van der Waals surface area (Å²) in [5.74, 6) is 0.986. The van der Waals surface area contributed by atoms with E-state index in [1.165, 1.54) is 24.4 Å². The van der Waals surface area contributed by atoms with E-state index in [4.69, 9.17) is 5.11 Å². The zero-order chi connectivity index (χ0) is 12.1. The molecule has 1 N–H and O–H groups in total. The number of rotatable bonds is 6. The lowest BCUT2D eigenvalue weighted by Gasteiger charge is -2.23. The second kappa shape index (κ2) is 6.31. The van der Waals surface area contributed by atoms with Gasteiger partial charge in [-0.25, -0.2) is 4.98 Å². The number of aromatic nitrogens is 2. The molecule has 0 aliphatic carbocycles. The Morgan fingerprint density at radius 1 is 1.53 bits per heavy atom. The first kappa shape index (κ1) is 12.8. The van der Waals surface area contributed by atoms with Gasteiger partial charge in [-0.05, 0) is 32.1 Å². The van der Waals surface area contributed by atoms with Crippen LogP contribution in [-0.2, 0) is 6.42 Å².